The summed E-state index contributed by atoms with van der Waals surface area (Å²) in [6, 6.07) is 0. The largest absolute Gasteiger partial charge is 0.355 e. The summed E-state index contributed by atoms with van der Waals surface area (Å²) in [5.41, 5.74) is 1.68. The molecular formula is C13H20N6O2S. The van der Waals surface area contributed by atoms with E-state index in [1.807, 2.05) is 11.6 Å². The van der Waals surface area contributed by atoms with Gasteiger partial charge in [0.05, 0.1) is 6.33 Å². The number of aromatic nitrogens is 4. The van der Waals surface area contributed by atoms with Crippen molar-refractivity contribution in [1.82, 2.24) is 24.2 Å². The smallest absolute Gasteiger partial charge is 0.201 e. The molecule has 3 rings (SSSR count). The van der Waals surface area contributed by atoms with Crippen LogP contribution in [0.1, 0.15) is 19.3 Å². The van der Waals surface area contributed by atoms with Gasteiger partial charge in [0.1, 0.15) is 6.33 Å². The molecule has 0 aromatic carbocycles. The van der Waals surface area contributed by atoms with Gasteiger partial charge in [0.2, 0.25) is 10.9 Å². The molecule has 8 nitrogen and oxygen atoms in total. The second-order valence-corrected chi connectivity index (χ2v) is 6.44. The van der Waals surface area contributed by atoms with Crippen molar-refractivity contribution in [2.45, 2.75) is 19.3 Å². The Bertz CT molecular complexity index is 712. The molecule has 0 spiro atoms. The molecule has 1 saturated heterocycles. The van der Waals surface area contributed by atoms with E-state index in [2.05, 4.69) is 24.6 Å². The second kappa shape index (κ2) is 6.57. The van der Waals surface area contributed by atoms with Crippen LogP contribution in [0.5, 0.6) is 0 Å². The summed E-state index contributed by atoms with van der Waals surface area (Å²) >= 11 is 0. The molecule has 0 amide bonds. The lowest BCUT2D eigenvalue weighted by Gasteiger charge is -2.32. The van der Waals surface area contributed by atoms with Gasteiger partial charge in [-0.3, -0.25) is 0 Å². The first kappa shape index (κ1) is 15.2. The Hall–Kier alpha value is -1.74. The number of hydrogen-bond donors (Lipinski definition) is 2. The van der Waals surface area contributed by atoms with Gasteiger partial charge >= 0.3 is 0 Å². The van der Waals surface area contributed by atoms with E-state index in [-0.39, 0.29) is 0 Å². The average Bonchev–Trinajstić information content (AvgIpc) is 2.89. The number of hydrogen-bond acceptors (Lipinski definition) is 6. The van der Waals surface area contributed by atoms with Crippen molar-refractivity contribution in [2.75, 3.05) is 24.5 Å². The molecule has 120 valence electrons. The minimum atomic E-state index is -2.48. The first-order chi connectivity index (χ1) is 10.6. The molecule has 0 bridgehead atoms. The highest BCUT2D eigenvalue weighted by molar-refractivity contribution is 7.70. The van der Waals surface area contributed by atoms with Gasteiger partial charge < -0.3 is 9.47 Å². The third kappa shape index (κ3) is 3.20. The monoisotopic (exact) mass is 324 g/mol. The van der Waals surface area contributed by atoms with Gasteiger partial charge in [-0.2, -0.15) is 0 Å². The van der Waals surface area contributed by atoms with Crippen LogP contribution in [0.4, 0.5) is 5.82 Å². The number of imidazole rings is 1. The molecule has 3 heterocycles. The standard InChI is InChI=1S/C13H20N6O2S/c1-18-9-16-11-12(18)14-8-15-13(11)19-6-3-10(4-7-19)2-5-17-22(20)21/h8-10,22H,2-7H2,1H3,(H,17,20,21). The molecule has 2 aromatic rings. The van der Waals surface area contributed by atoms with Crippen molar-refractivity contribution in [1.29, 1.82) is 0 Å². The topological polar surface area (TPSA) is 93.0 Å². The highest BCUT2D eigenvalue weighted by Gasteiger charge is 2.22. The van der Waals surface area contributed by atoms with Crippen molar-refractivity contribution in [2.24, 2.45) is 13.0 Å². The van der Waals surface area contributed by atoms with Crippen LogP contribution in [0.3, 0.4) is 0 Å². The van der Waals surface area contributed by atoms with E-state index in [9.17, 15) is 8.42 Å². The number of aryl methyl sites for hydroxylation is 1. The zero-order valence-electron chi connectivity index (χ0n) is 12.5. The molecule has 22 heavy (non-hydrogen) atoms. The predicted octanol–water partition coefficient (Wildman–Crippen LogP) is 0.0858. The first-order valence-corrected chi connectivity index (χ1v) is 8.58. The van der Waals surface area contributed by atoms with Crippen molar-refractivity contribution in [3.63, 3.8) is 0 Å². The summed E-state index contributed by atoms with van der Waals surface area (Å²) in [6.45, 7) is 2.36. The van der Waals surface area contributed by atoms with Gasteiger partial charge in [0.15, 0.2) is 17.0 Å². The molecule has 1 aliphatic heterocycles. The molecule has 0 atom stereocenters. The van der Waals surface area contributed by atoms with E-state index in [0.29, 0.717) is 12.5 Å². The van der Waals surface area contributed by atoms with E-state index in [1.165, 1.54) is 0 Å². The Kier molecular flexibility index (Phi) is 4.53. The van der Waals surface area contributed by atoms with Gasteiger partial charge in [-0.1, -0.05) is 0 Å². The van der Waals surface area contributed by atoms with Crippen molar-refractivity contribution >= 4 is 27.9 Å². The van der Waals surface area contributed by atoms with Crippen molar-refractivity contribution in [3.05, 3.63) is 12.7 Å². The summed E-state index contributed by atoms with van der Waals surface area (Å²) < 4.78 is 25.4. The zero-order chi connectivity index (χ0) is 15.5. The van der Waals surface area contributed by atoms with Crippen LogP contribution < -0.4 is 9.62 Å². The van der Waals surface area contributed by atoms with Gasteiger partial charge in [-0.25, -0.2) is 28.1 Å². The molecule has 0 saturated carbocycles. The number of anilines is 1. The Labute approximate surface area is 130 Å². The molecule has 0 radical (unpaired) electrons. The fourth-order valence-electron chi connectivity index (χ4n) is 2.96. The highest BCUT2D eigenvalue weighted by Crippen LogP contribution is 2.27. The molecule has 1 aliphatic rings. The summed E-state index contributed by atoms with van der Waals surface area (Å²) in [5, 5.41) is 0. The molecule has 0 aliphatic carbocycles. The second-order valence-electron chi connectivity index (χ2n) is 5.61. The van der Waals surface area contributed by atoms with Crippen molar-refractivity contribution < 1.29 is 8.42 Å². The SMILES string of the molecule is Cn1cnc2c(N3CCC(CCN[SH](=O)=O)CC3)ncnc21. The van der Waals surface area contributed by atoms with Gasteiger partial charge in [0, 0.05) is 26.7 Å². The summed E-state index contributed by atoms with van der Waals surface area (Å²) in [6.07, 6.45) is 6.30. The zero-order valence-corrected chi connectivity index (χ0v) is 13.4. The minimum Gasteiger partial charge on any atom is -0.355 e. The lowest BCUT2D eigenvalue weighted by molar-refractivity contribution is 0.381. The number of nitrogens with zero attached hydrogens (tertiary/aromatic N) is 5. The maximum Gasteiger partial charge on any atom is 0.201 e. The van der Waals surface area contributed by atoms with Crippen LogP contribution >= 0.6 is 0 Å². The third-order valence-corrected chi connectivity index (χ3v) is 4.67. The molecular weight excluding hydrogens is 304 g/mol. The quantitative estimate of drug-likeness (QED) is 0.757. The van der Waals surface area contributed by atoms with Crippen LogP contribution in [-0.2, 0) is 17.9 Å². The van der Waals surface area contributed by atoms with Crippen LogP contribution in [0.25, 0.3) is 11.2 Å². The average molecular weight is 324 g/mol. The number of fused-ring (bicyclic) bond motifs is 1. The molecule has 0 unspecified atom stereocenters. The Balaban J connectivity index is 1.63. The van der Waals surface area contributed by atoms with Gasteiger partial charge in [0.25, 0.3) is 0 Å². The molecule has 1 N–H and O–H groups in total. The number of nitrogens with one attached hydrogen (secondary N) is 1. The minimum absolute atomic E-state index is 0.529. The molecule has 9 heteroatoms. The van der Waals surface area contributed by atoms with Crippen LogP contribution in [0.15, 0.2) is 12.7 Å². The van der Waals surface area contributed by atoms with Gasteiger partial charge in [-0.15, -0.1) is 0 Å². The Morgan fingerprint density at radius 3 is 2.77 bits per heavy atom. The maximum absolute atomic E-state index is 10.5. The van der Waals surface area contributed by atoms with Crippen LogP contribution in [0, 0.1) is 5.92 Å². The van der Waals surface area contributed by atoms with E-state index < -0.39 is 10.9 Å². The van der Waals surface area contributed by atoms with E-state index in [1.54, 1.807) is 12.7 Å². The first-order valence-electron chi connectivity index (χ1n) is 7.40. The maximum atomic E-state index is 10.5. The molecule has 2 aromatic heterocycles. The van der Waals surface area contributed by atoms with Crippen LogP contribution in [0.2, 0.25) is 0 Å². The van der Waals surface area contributed by atoms with E-state index in [0.717, 1.165) is 49.3 Å². The van der Waals surface area contributed by atoms with Gasteiger partial charge in [-0.05, 0) is 25.2 Å². The fourth-order valence-corrected chi connectivity index (χ4v) is 3.27. The highest BCUT2D eigenvalue weighted by atomic mass is 32.2. The lowest BCUT2D eigenvalue weighted by Crippen LogP contribution is -2.35. The summed E-state index contributed by atoms with van der Waals surface area (Å²) in [7, 11) is -0.555. The predicted molar refractivity (Wildman–Crippen MR) is 84.2 cm³/mol. The number of thiol groups is 1. The van der Waals surface area contributed by atoms with Crippen molar-refractivity contribution in [3.8, 4) is 0 Å². The molecule has 1 fully saturated rings. The van der Waals surface area contributed by atoms with E-state index >= 15 is 0 Å². The normalized spacial score (nSPS) is 16.7. The summed E-state index contributed by atoms with van der Waals surface area (Å²) in [4.78, 5) is 15.3. The summed E-state index contributed by atoms with van der Waals surface area (Å²) in [5.74, 6) is 1.45. The van der Waals surface area contributed by atoms with Crippen LogP contribution in [-0.4, -0.2) is 47.6 Å². The third-order valence-electron chi connectivity index (χ3n) is 4.19. The lowest BCUT2D eigenvalue weighted by atomic mass is 9.93. The number of rotatable bonds is 5. The number of piperidine rings is 1. The Morgan fingerprint density at radius 2 is 2.05 bits per heavy atom. The van der Waals surface area contributed by atoms with E-state index in [4.69, 9.17) is 0 Å². The Morgan fingerprint density at radius 1 is 1.27 bits per heavy atom. The fraction of sp³-hybridized carbons (Fsp3) is 0.615.